The second-order valence-corrected chi connectivity index (χ2v) is 4.64. The molecule has 2 aromatic carbocycles. The Morgan fingerprint density at radius 3 is 2.33 bits per heavy atom. The Labute approximate surface area is 108 Å². The smallest absolute Gasteiger partial charge is 0.335 e. The predicted octanol–water partition coefficient (Wildman–Crippen LogP) is 3.91. The van der Waals surface area contributed by atoms with E-state index >= 15 is 0 Å². The van der Waals surface area contributed by atoms with Crippen LogP contribution in [0.3, 0.4) is 0 Å². The molecular formula is C14H11FO2S. The molecule has 2 rings (SSSR count). The van der Waals surface area contributed by atoms with Gasteiger partial charge in [-0.3, -0.25) is 0 Å². The molecular weight excluding hydrogens is 251 g/mol. The number of hydrogen-bond acceptors (Lipinski definition) is 2. The fraction of sp³-hybridized carbons (Fsp3) is 0.0714. The van der Waals surface area contributed by atoms with E-state index in [1.165, 1.54) is 12.1 Å². The van der Waals surface area contributed by atoms with Gasteiger partial charge in [-0.15, -0.1) is 11.8 Å². The third-order valence-corrected chi connectivity index (χ3v) is 3.31. The molecule has 0 aliphatic rings. The van der Waals surface area contributed by atoms with Crippen LogP contribution in [0, 0.1) is 5.82 Å². The van der Waals surface area contributed by atoms with Crippen molar-refractivity contribution in [3.63, 3.8) is 0 Å². The highest BCUT2D eigenvalue weighted by Crippen LogP contribution is 2.24. The van der Waals surface area contributed by atoms with Crippen molar-refractivity contribution < 1.29 is 14.3 Å². The molecule has 0 amide bonds. The molecule has 0 unspecified atom stereocenters. The topological polar surface area (TPSA) is 37.3 Å². The van der Waals surface area contributed by atoms with Crippen molar-refractivity contribution in [1.82, 2.24) is 0 Å². The van der Waals surface area contributed by atoms with E-state index in [0.29, 0.717) is 5.56 Å². The SMILES string of the molecule is CSc1ccc(-c2cc(F)cc(C(=O)O)c2)cc1. The lowest BCUT2D eigenvalue weighted by molar-refractivity contribution is 0.0696. The third kappa shape index (κ3) is 2.71. The molecule has 0 aliphatic carbocycles. The zero-order valence-corrected chi connectivity index (χ0v) is 10.5. The molecule has 0 radical (unpaired) electrons. The normalized spacial score (nSPS) is 10.3. The Morgan fingerprint density at radius 1 is 1.11 bits per heavy atom. The van der Waals surface area contributed by atoms with Gasteiger partial charge in [0.15, 0.2) is 0 Å². The average molecular weight is 262 g/mol. The van der Waals surface area contributed by atoms with E-state index in [4.69, 9.17) is 5.11 Å². The molecule has 0 saturated heterocycles. The van der Waals surface area contributed by atoms with E-state index < -0.39 is 11.8 Å². The standard InChI is InChI=1S/C14H11FO2S/c1-18-13-4-2-9(3-5-13)10-6-11(14(16)17)8-12(15)7-10/h2-8H,1H3,(H,16,17). The maximum Gasteiger partial charge on any atom is 0.335 e. The summed E-state index contributed by atoms with van der Waals surface area (Å²) in [4.78, 5) is 12.0. The van der Waals surface area contributed by atoms with Gasteiger partial charge in [-0.2, -0.15) is 0 Å². The second kappa shape index (κ2) is 5.23. The van der Waals surface area contributed by atoms with Gasteiger partial charge in [0, 0.05) is 4.90 Å². The molecule has 0 saturated carbocycles. The lowest BCUT2D eigenvalue weighted by Gasteiger charge is -2.05. The molecule has 0 spiro atoms. The van der Waals surface area contributed by atoms with Crippen molar-refractivity contribution in [1.29, 1.82) is 0 Å². The Bertz CT molecular complexity index is 579. The van der Waals surface area contributed by atoms with E-state index in [-0.39, 0.29) is 5.56 Å². The van der Waals surface area contributed by atoms with Crippen LogP contribution in [0.15, 0.2) is 47.4 Å². The number of rotatable bonds is 3. The van der Waals surface area contributed by atoms with Crippen LogP contribution >= 0.6 is 11.8 Å². The van der Waals surface area contributed by atoms with Gasteiger partial charge in [-0.05, 0) is 47.7 Å². The highest BCUT2D eigenvalue weighted by Gasteiger charge is 2.08. The summed E-state index contributed by atoms with van der Waals surface area (Å²) in [5, 5.41) is 8.89. The van der Waals surface area contributed by atoms with E-state index in [0.717, 1.165) is 16.5 Å². The highest BCUT2D eigenvalue weighted by molar-refractivity contribution is 7.98. The number of carbonyl (C=O) groups is 1. The van der Waals surface area contributed by atoms with Crippen LogP contribution in [0.5, 0.6) is 0 Å². The molecule has 18 heavy (non-hydrogen) atoms. The Morgan fingerprint density at radius 2 is 1.78 bits per heavy atom. The quantitative estimate of drug-likeness (QED) is 0.852. The predicted molar refractivity (Wildman–Crippen MR) is 70.6 cm³/mol. The van der Waals surface area contributed by atoms with Crippen LogP contribution in [0.4, 0.5) is 4.39 Å². The summed E-state index contributed by atoms with van der Waals surface area (Å²) >= 11 is 1.62. The molecule has 0 heterocycles. The number of aromatic carboxylic acids is 1. The molecule has 0 aromatic heterocycles. The molecule has 0 fully saturated rings. The Kier molecular flexibility index (Phi) is 3.67. The fourth-order valence-electron chi connectivity index (χ4n) is 1.66. The van der Waals surface area contributed by atoms with E-state index in [2.05, 4.69) is 0 Å². The second-order valence-electron chi connectivity index (χ2n) is 3.76. The first kappa shape index (κ1) is 12.6. The van der Waals surface area contributed by atoms with Gasteiger partial charge >= 0.3 is 5.97 Å². The summed E-state index contributed by atoms with van der Waals surface area (Å²) in [6, 6.07) is 11.4. The fourth-order valence-corrected chi connectivity index (χ4v) is 2.07. The number of carboxylic acids is 1. The maximum absolute atomic E-state index is 13.4. The van der Waals surface area contributed by atoms with Gasteiger partial charge in [-0.1, -0.05) is 12.1 Å². The molecule has 0 aliphatic heterocycles. The lowest BCUT2D eigenvalue weighted by Crippen LogP contribution is -1.97. The minimum absolute atomic E-state index is 0.0426. The van der Waals surface area contributed by atoms with Crippen LogP contribution in [0.25, 0.3) is 11.1 Å². The zero-order valence-electron chi connectivity index (χ0n) is 9.68. The monoisotopic (exact) mass is 262 g/mol. The van der Waals surface area contributed by atoms with Gasteiger partial charge < -0.3 is 5.11 Å². The molecule has 1 N–H and O–H groups in total. The largest absolute Gasteiger partial charge is 0.478 e. The number of carboxylic acid groups (broad SMARTS) is 1. The summed E-state index contributed by atoms with van der Waals surface area (Å²) in [6.07, 6.45) is 1.97. The first-order valence-electron chi connectivity index (χ1n) is 5.28. The summed E-state index contributed by atoms with van der Waals surface area (Å²) in [5.74, 6) is -1.67. The van der Waals surface area contributed by atoms with Crippen molar-refractivity contribution in [2.75, 3.05) is 6.26 Å². The summed E-state index contributed by atoms with van der Waals surface area (Å²) in [5.41, 5.74) is 1.33. The van der Waals surface area contributed by atoms with Gasteiger partial charge in [0.25, 0.3) is 0 Å². The molecule has 0 bridgehead atoms. The zero-order chi connectivity index (χ0) is 13.1. The summed E-state index contributed by atoms with van der Waals surface area (Å²) in [6.45, 7) is 0. The van der Waals surface area contributed by atoms with E-state index in [1.807, 2.05) is 30.5 Å². The van der Waals surface area contributed by atoms with Gasteiger partial charge in [-0.25, -0.2) is 9.18 Å². The van der Waals surface area contributed by atoms with Gasteiger partial charge in [0.2, 0.25) is 0 Å². The lowest BCUT2D eigenvalue weighted by atomic mass is 10.0. The minimum atomic E-state index is -1.13. The highest BCUT2D eigenvalue weighted by atomic mass is 32.2. The van der Waals surface area contributed by atoms with Crippen LogP contribution in [-0.2, 0) is 0 Å². The van der Waals surface area contributed by atoms with Crippen LogP contribution in [0.1, 0.15) is 10.4 Å². The first-order valence-corrected chi connectivity index (χ1v) is 6.51. The summed E-state index contributed by atoms with van der Waals surface area (Å²) in [7, 11) is 0. The molecule has 2 aromatic rings. The van der Waals surface area contributed by atoms with Crippen molar-refractivity contribution in [3.8, 4) is 11.1 Å². The van der Waals surface area contributed by atoms with Gasteiger partial charge in [0.05, 0.1) is 5.56 Å². The van der Waals surface area contributed by atoms with Crippen molar-refractivity contribution >= 4 is 17.7 Å². The third-order valence-electron chi connectivity index (χ3n) is 2.57. The minimum Gasteiger partial charge on any atom is -0.478 e. The molecule has 4 heteroatoms. The van der Waals surface area contributed by atoms with E-state index in [9.17, 15) is 9.18 Å². The number of halogens is 1. The van der Waals surface area contributed by atoms with Crippen LogP contribution in [0.2, 0.25) is 0 Å². The average Bonchev–Trinajstić information content (AvgIpc) is 2.38. The number of benzene rings is 2. The molecule has 92 valence electrons. The number of hydrogen-bond donors (Lipinski definition) is 1. The van der Waals surface area contributed by atoms with E-state index in [1.54, 1.807) is 11.8 Å². The molecule has 2 nitrogen and oxygen atoms in total. The van der Waals surface area contributed by atoms with Gasteiger partial charge in [0.1, 0.15) is 5.82 Å². The maximum atomic E-state index is 13.4. The molecule has 0 atom stereocenters. The van der Waals surface area contributed by atoms with Crippen LogP contribution in [-0.4, -0.2) is 17.3 Å². The summed E-state index contributed by atoms with van der Waals surface area (Å²) < 4.78 is 13.4. The number of thioether (sulfide) groups is 1. The Hall–Kier alpha value is -1.81. The van der Waals surface area contributed by atoms with Crippen LogP contribution < -0.4 is 0 Å². The Balaban J connectivity index is 2.46. The van der Waals surface area contributed by atoms with Crippen molar-refractivity contribution in [2.45, 2.75) is 4.90 Å². The van der Waals surface area contributed by atoms with Crippen molar-refractivity contribution in [2.24, 2.45) is 0 Å². The van der Waals surface area contributed by atoms with Crippen molar-refractivity contribution in [3.05, 3.63) is 53.8 Å². The first-order chi connectivity index (χ1) is 8.60.